The quantitative estimate of drug-likeness (QED) is 0.764. The van der Waals surface area contributed by atoms with E-state index in [0.29, 0.717) is 22.3 Å². The Hall–Kier alpha value is -1.22. The van der Waals surface area contributed by atoms with Crippen LogP contribution < -0.4 is 10.1 Å². The Bertz CT molecular complexity index is 600. The molecule has 2 aromatic carbocycles. The van der Waals surface area contributed by atoms with Crippen LogP contribution in [0.25, 0.3) is 0 Å². The van der Waals surface area contributed by atoms with Crippen LogP contribution in [0.1, 0.15) is 30.5 Å². The number of nitrogens with one attached hydrogen (secondary N) is 1. The van der Waals surface area contributed by atoms with Gasteiger partial charge >= 0.3 is 0 Å². The molecule has 0 bridgehead atoms. The highest BCUT2D eigenvalue weighted by Gasteiger charge is 2.11. The molecule has 0 radical (unpaired) electrons. The predicted molar refractivity (Wildman–Crippen MR) is 93.9 cm³/mol. The summed E-state index contributed by atoms with van der Waals surface area (Å²) in [5, 5.41) is 4.49. The van der Waals surface area contributed by atoms with Crippen molar-refractivity contribution in [2.75, 3.05) is 0 Å². The minimum Gasteiger partial charge on any atom is -0.488 e. The summed E-state index contributed by atoms with van der Waals surface area (Å²) in [7, 11) is 0. The fourth-order valence-corrected chi connectivity index (χ4v) is 2.74. The molecule has 0 aliphatic rings. The van der Waals surface area contributed by atoms with E-state index < -0.39 is 0 Å². The molecule has 2 rings (SSSR count). The summed E-state index contributed by atoms with van der Waals surface area (Å²) in [6.45, 7) is 7.49. The van der Waals surface area contributed by atoms with Gasteiger partial charge in [-0.3, -0.25) is 0 Å². The normalized spacial score (nSPS) is 11.0. The number of rotatable bonds is 6. The van der Waals surface area contributed by atoms with Gasteiger partial charge in [-0.2, -0.15) is 0 Å². The second-order valence-electron chi connectivity index (χ2n) is 5.64. The van der Waals surface area contributed by atoms with Crippen molar-refractivity contribution in [3.05, 3.63) is 63.1 Å². The van der Waals surface area contributed by atoms with Crippen LogP contribution in [0.2, 0.25) is 10.0 Å². The van der Waals surface area contributed by atoms with Gasteiger partial charge in [0.2, 0.25) is 0 Å². The van der Waals surface area contributed by atoms with Crippen LogP contribution in [-0.4, -0.2) is 6.10 Å². The van der Waals surface area contributed by atoms with Gasteiger partial charge < -0.3 is 10.1 Å². The zero-order valence-corrected chi connectivity index (χ0v) is 14.6. The number of hydrogen-bond donors (Lipinski definition) is 1. The maximum atomic E-state index is 6.25. The Morgan fingerprint density at radius 3 is 2.05 bits per heavy atom. The van der Waals surface area contributed by atoms with Crippen molar-refractivity contribution in [1.82, 2.24) is 5.32 Å². The SMILES string of the molecule is Cc1ccc(CNCc2cc(Cl)c(OC(C)C)c(Cl)c2)cc1. The molecule has 0 aromatic heterocycles. The van der Waals surface area contributed by atoms with Crippen LogP contribution in [0, 0.1) is 6.92 Å². The molecule has 0 fully saturated rings. The van der Waals surface area contributed by atoms with Crippen LogP contribution >= 0.6 is 23.2 Å². The molecule has 0 unspecified atom stereocenters. The van der Waals surface area contributed by atoms with E-state index in [9.17, 15) is 0 Å². The highest BCUT2D eigenvalue weighted by Crippen LogP contribution is 2.34. The van der Waals surface area contributed by atoms with Crippen molar-refractivity contribution in [3.63, 3.8) is 0 Å². The lowest BCUT2D eigenvalue weighted by atomic mass is 10.1. The maximum absolute atomic E-state index is 6.25. The van der Waals surface area contributed by atoms with Crippen molar-refractivity contribution in [2.24, 2.45) is 0 Å². The summed E-state index contributed by atoms with van der Waals surface area (Å²) in [4.78, 5) is 0. The Morgan fingerprint density at radius 2 is 1.50 bits per heavy atom. The molecule has 0 aliphatic carbocycles. The van der Waals surface area contributed by atoms with E-state index in [1.807, 2.05) is 26.0 Å². The molecule has 0 amide bonds. The van der Waals surface area contributed by atoms with Gasteiger partial charge in [0.15, 0.2) is 5.75 Å². The number of hydrogen-bond acceptors (Lipinski definition) is 2. The van der Waals surface area contributed by atoms with E-state index in [2.05, 4.69) is 36.5 Å². The maximum Gasteiger partial charge on any atom is 0.156 e. The van der Waals surface area contributed by atoms with E-state index in [0.717, 1.165) is 12.1 Å². The zero-order valence-electron chi connectivity index (χ0n) is 13.1. The van der Waals surface area contributed by atoms with Crippen LogP contribution in [0.4, 0.5) is 0 Å². The van der Waals surface area contributed by atoms with Crippen molar-refractivity contribution in [1.29, 1.82) is 0 Å². The molecule has 0 saturated heterocycles. The molecule has 0 saturated carbocycles. The third-order valence-electron chi connectivity index (χ3n) is 3.19. The highest BCUT2D eigenvalue weighted by atomic mass is 35.5. The molecule has 0 spiro atoms. The van der Waals surface area contributed by atoms with Crippen LogP contribution in [0.3, 0.4) is 0 Å². The highest BCUT2D eigenvalue weighted by molar-refractivity contribution is 6.37. The summed E-state index contributed by atoms with van der Waals surface area (Å²) >= 11 is 12.5. The number of ether oxygens (including phenoxy) is 1. The first-order chi connectivity index (χ1) is 10.5. The van der Waals surface area contributed by atoms with Crippen molar-refractivity contribution < 1.29 is 4.74 Å². The standard InChI is InChI=1S/C18H21Cl2NO/c1-12(2)22-18-16(19)8-15(9-17(18)20)11-21-10-14-6-4-13(3)5-7-14/h4-9,12,21H,10-11H2,1-3H3. The summed E-state index contributed by atoms with van der Waals surface area (Å²) in [6, 6.07) is 12.3. The van der Waals surface area contributed by atoms with Gasteiger partial charge in [-0.25, -0.2) is 0 Å². The van der Waals surface area contributed by atoms with E-state index in [4.69, 9.17) is 27.9 Å². The molecule has 118 valence electrons. The summed E-state index contributed by atoms with van der Waals surface area (Å²) in [5.74, 6) is 0.556. The average Bonchev–Trinajstić information content (AvgIpc) is 2.45. The Balaban J connectivity index is 1.97. The van der Waals surface area contributed by atoms with E-state index in [-0.39, 0.29) is 6.10 Å². The van der Waals surface area contributed by atoms with Gasteiger partial charge in [0.05, 0.1) is 16.1 Å². The third-order valence-corrected chi connectivity index (χ3v) is 3.75. The molecular weight excluding hydrogens is 317 g/mol. The first-order valence-electron chi connectivity index (χ1n) is 7.36. The molecule has 0 aliphatic heterocycles. The lowest BCUT2D eigenvalue weighted by Crippen LogP contribution is -2.13. The van der Waals surface area contributed by atoms with Crippen molar-refractivity contribution in [2.45, 2.75) is 40.0 Å². The van der Waals surface area contributed by atoms with Crippen molar-refractivity contribution >= 4 is 23.2 Å². The number of benzene rings is 2. The second kappa shape index (κ2) is 7.87. The van der Waals surface area contributed by atoms with E-state index >= 15 is 0 Å². The van der Waals surface area contributed by atoms with Crippen LogP contribution in [-0.2, 0) is 13.1 Å². The fourth-order valence-electron chi connectivity index (χ4n) is 2.12. The molecule has 2 nitrogen and oxygen atoms in total. The first-order valence-corrected chi connectivity index (χ1v) is 8.12. The lowest BCUT2D eigenvalue weighted by molar-refractivity contribution is 0.242. The minimum absolute atomic E-state index is 0.0421. The van der Waals surface area contributed by atoms with Gasteiger partial charge in [-0.05, 0) is 44.0 Å². The molecule has 0 atom stereocenters. The minimum atomic E-state index is 0.0421. The van der Waals surface area contributed by atoms with Gasteiger partial charge in [-0.15, -0.1) is 0 Å². The van der Waals surface area contributed by atoms with E-state index in [1.54, 1.807) is 0 Å². The molecular formula is C18H21Cl2NO. The van der Waals surface area contributed by atoms with Gasteiger partial charge in [0.25, 0.3) is 0 Å². The summed E-state index contributed by atoms with van der Waals surface area (Å²) < 4.78 is 5.63. The molecule has 22 heavy (non-hydrogen) atoms. The second-order valence-corrected chi connectivity index (χ2v) is 6.46. The molecule has 1 N–H and O–H groups in total. The Kier molecular flexibility index (Phi) is 6.13. The largest absolute Gasteiger partial charge is 0.488 e. The lowest BCUT2D eigenvalue weighted by Gasteiger charge is -2.14. The Morgan fingerprint density at radius 1 is 0.955 bits per heavy atom. The predicted octanol–water partition coefficient (Wildman–Crippen LogP) is 5.38. The topological polar surface area (TPSA) is 21.3 Å². The monoisotopic (exact) mass is 337 g/mol. The third kappa shape index (κ3) is 4.91. The van der Waals surface area contributed by atoms with Crippen LogP contribution in [0.15, 0.2) is 36.4 Å². The number of halogens is 2. The van der Waals surface area contributed by atoms with Crippen molar-refractivity contribution in [3.8, 4) is 5.75 Å². The summed E-state index contributed by atoms with van der Waals surface area (Å²) in [6.07, 6.45) is 0.0421. The van der Waals surface area contributed by atoms with Crippen LogP contribution in [0.5, 0.6) is 5.75 Å². The molecule has 4 heteroatoms. The average molecular weight is 338 g/mol. The zero-order chi connectivity index (χ0) is 16.1. The molecule has 0 heterocycles. The van der Waals surface area contributed by atoms with E-state index in [1.165, 1.54) is 11.1 Å². The summed E-state index contributed by atoms with van der Waals surface area (Å²) in [5.41, 5.74) is 3.56. The molecule has 2 aromatic rings. The smallest absolute Gasteiger partial charge is 0.156 e. The van der Waals surface area contributed by atoms with Gasteiger partial charge in [0, 0.05) is 13.1 Å². The van der Waals surface area contributed by atoms with Gasteiger partial charge in [0.1, 0.15) is 0 Å². The number of aryl methyl sites for hydroxylation is 1. The van der Waals surface area contributed by atoms with Gasteiger partial charge in [-0.1, -0.05) is 53.0 Å². The first kappa shape index (κ1) is 17.1. The fraction of sp³-hybridized carbons (Fsp3) is 0.333. The Labute approximate surface area is 142 Å².